The van der Waals surface area contributed by atoms with Gasteiger partial charge in [0.1, 0.15) is 5.82 Å². The summed E-state index contributed by atoms with van der Waals surface area (Å²) in [7, 11) is 0. The number of halogens is 1. The van der Waals surface area contributed by atoms with Crippen LogP contribution in [0.2, 0.25) is 5.02 Å². The second-order valence-corrected chi connectivity index (χ2v) is 7.35. The van der Waals surface area contributed by atoms with Gasteiger partial charge in [0, 0.05) is 29.1 Å². The highest BCUT2D eigenvalue weighted by atomic mass is 35.5. The Balaban J connectivity index is 1.77. The molecule has 1 aliphatic heterocycles. The van der Waals surface area contributed by atoms with Crippen LogP contribution in [0, 0.1) is 6.92 Å². The molecule has 2 nitrogen and oxygen atoms in total. The highest BCUT2D eigenvalue weighted by Crippen LogP contribution is 2.33. The van der Waals surface area contributed by atoms with Crippen LogP contribution >= 0.6 is 23.4 Å². The third kappa shape index (κ3) is 2.79. The standard InChI is InChI=1S/C19H17ClN2S/c1-13-5-4-7-16-19(13)15(20)11-18(21-16)22-9-10-23-17-8-3-2-6-14(17)12-22/h2-8,11H,9-10,12H2,1H3. The second kappa shape index (κ2) is 6.06. The van der Waals surface area contributed by atoms with E-state index >= 15 is 0 Å². The number of pyridine rings is 1. The summed E-state index contributed by atoms with van der Waals surface area (Å²) >= 11 is 8.47. The molecule has 0 amide bonds. The van der Waals surface area contributed by atoms with E-state index in [0.717, 1.165) is 40.6 Å². The Morgan fingerprint density at radius 1 is 1.13 bits per heavy atom. The van der Waals surface area contributed by atoms with E-state index in [-0.39, 0.29) is 0 Å². The minimum absolute atomic E-state index is 0.785. The molecule has 2 aromatic carbocycles. The van der Waals surface area contributed by atoms with Crippen molar-refractivity contribution in [3.05, 3.63) is 64.7 Å². The van der Waals surface area contributed by atoms with Crippen LogP contribution in [0.5, 0.6) is 0 Å². The van der Waals surface area contributed by atoms with Crippen molar-refractivity contribution in [1.82, 2.24) is 4.98 Å². The molecular weight excluding hydrogens is 324 g/mol. The Morgan fingerprint density at radius 3 is 2.91 bits per heavy atom. The molecule has 3 aromatic rings. The van der Waals surface area contributed by atoms with Crippen molar-refractivity contribution < 1.29 is 0 Å². The van der Waals surface area contributed by atoms with Crippen molar-refractivity contribution in [1.29, 1.82) is 0 Å². The zero-order valence-corrected chi connectivity index (χ0v) is 14.5. The summed E-state index contributed by atoms with van der Waals surface area (Å²) in [6.07, 6.45) is 0. The molecule has 0 radical (unpaired) electrons. The third-order valence-electron chi connectivity index (χ3n) is 4.26. The van der Waals surface area contributed by atoms with Crippen molar-refractivity contribution in [2.75, 3.05) is 17.2 Å². The monoisotopic (exact) mass is 340 g/mol. The van der Waals surface area contributed by atoms with Crippen LogP contribution in [0.3, 0.4) is 0 Å². The Bertz CT molecular complexity index is 878. The average Bonchev–Trinajstić information content (AvgIpc) is 2.77. The van der Waals surface area contributed by atoms with Gasteiger partial charge in [-0.15, -0.1) is 11.8 Å². The van der Waals surface area contributed by atoms with Gasteiger partial charge in [-0.25, -0.2) is 4.98 Å². The fourth-order valence-corrected chi connectivity index (χ4v) is 4.45. The molecule has 23 heavy (non-hydrogen) atoms. The van der Waals surface area contributed by atoms with Crippen LogP contribution < -0.4 is 4.90 Å². The first-order valence-electron chi connectivity index (χ1n) is 7.74. The Kier molecular flexibility index (Phi) is 3.92. The Labute approximate surface area is 145 Å². The SMILES string of the molecule is Cc1cccc2nc(N3CCSc4ccccc4C3)cc(Cl)c12. The number of hydrogen-bond donors (Lipinski definition) is 0. The van der Waals surface area contributed by atoms with Crippen LogP contribution in [-0.4, -0.2) is 17.3 Å². The van der Waals surface area contributed by atoms with E-state index in [9.17, 15) is 0 Å². The molecule has 0 saturated carbocycles. The summed E-state index contributed by atoms with van der Waals surface area (Å²) in [6, 6.07) is 16.8. The lowest BCUT2D eigenvalue weighted by Gasteiger charge is -2.22. The maximum atomic E-state index is 6.56. The van der Waals surface area contributed by atoms with Gasteiger partial charge in [-0.1, -0.05) is 41.9 Å². The van der Waals surface area contributed by atoms with Gasteiger partial charge in [-0.3, -0.25) is 0 Å². The molecule has 0 spiro atoms. The number of anilines is 1. The molecule has 0 atom stereocenters. The first kappa shape index (κ1) is 14.9. The molecular formula is C19H17ClN2S. The van der Waals surface area contributed by atoms with Gasteiger partial charge in [0.25, 0.3) is 0 Å². The van der Waals surface area contributed by atoms with Crippen molar-refractivity contribution in [2.24, 2.45) is 0 Å². The molecule has 1 aliphatic rings. The van der Waals surface area contributed by atoms with Crippen molar-refractivity contribution in [3.8, 4) is 0 Å². The number of aromatic nitrogens is 1. The van der Waals surface area contributed by atoms with Crippen LogP contribution in [0.15, 0.2) is 53.4 Å². The number of benzene rings is 2. The van der Waals surface area contributed by atoms with Crippen LogP contribution in [0.4, 0.5) is 5.82 Å². The summed E-state index contributed by atoms with van der Waals surface area (Å²) in [5.41, 5.74) is 3.50. The lowest BCUT2D eigenvalue weighted by atomic mass is 10.1. The minimum atomic E-state index is 0.785. The summed E-state index contributed by atoms with van der Waals surface area (Å²) in [6.45, 7) is 3.93. The van der Waals surface area contributed by atoms with E-state index in [1.54, 1.807) is 0 Å². The molecule has 2 heterocycles. The summed E-state index contributed by atoms with van der Waals surface area (Å²) in [4.78, 5) is 8.57. The summed E-state index contributed by atoms with van der Waals surface area (Å²) in [5.74, 6) is 2.02. The predicted octanol–water partition coefficient (Wildman–Crippen LogP) is 5.31. The first-order valence-corrected chi connectivity index (χ1v) is 9.10. The smallest absolute Gasteiger partial charge is 0.131 e. The van der Waals surface area contributed by atoms with Crippen LogP contribution in [0.25, 0.3) is 10.9 Å². The van der Waals surface area contributed by atoms with Gasteiger partial charge >= 0.3 is 0 Å². The number of rotatable bonds is 1. The molecule has 116 valence electrons. The van der Waals surface area contributed by atoms with Gasteiger partial charge in [-0.05, 0) is 36.2 Å². The fraction of sp³-hybridized carbons (Fsp3) is 0.211. The fourth-order valence-electron chi connectivity index (χ4n) is 3.08. The molecule has 0 saturated heterocycles. The number of nitrogens with zero attached hydrogens (tertiary/aromatic N) is 2. The Morgan fingerprint density at radius 2 is 2.00 bits per heavy atom. The summed E-state index contributed by atoms with van der Waals surface area (Å²) < 4.78 is 0. The largest absolute Gasteiger partial charge is 0.351 e. The van der Waals surface area contributed by atoms with Crippen molar-refractivity contribution >= 4 is 40.1 Å². The van der Waals surface area contributed by atoms with E-state index in [1.165, 1.54) is 16.0 Å². The quantitative estimate of drug-likeness (QED) is 0.597. The zero-order valence-electron chi connectivity index (χ0n) is 12.9. The predicted molar refractivity (Wildman–Crippen MR) is 99.7 cm³/mol. The van der Waals surface area contributed by atoms with Crippen LogP contribution in [-0.2, 0) is 6.54 Å². The van der Waals surface area contributed by atoms with Gasteiger partial charge in [0.05, 0.1) is 10.5 Å². The number of thioether (sulfide) groups is 1. The maximum absolute atomic E-state index is 6.56. The molecule has 0 N–H and O–H groups in total. The Hall–Kier alpha value is -1.71. The lowest BCUT2D eigenvalue weighted by Crippen LogP contribution is -2.24. The van der Waals surface area contributed by atoms with E-state index in [1.807, 2.05) is 30.0 Å². The van der Waals surface area contributed by atoms with E-state index in [2.05, 4.69) is 42.2 Å². The molecule has 0 bridgehead atoms. The molecule has 4 heteroatoms. The van der Waals surface area contributed by atoms with Gasteiger partial charge in [-0.2, -0.15) is 0 Å². The second-order valence-electron chi connectivity index (χ2n) is 5.81. The summed E-state index contributed by atoms with van der Waals surface area (Å²) in [5, 5.41) is 1.84. The molecule has 1 aromatic heterocycles. The molecule has 0 unspecified atom stereocenters. The van der Waals surface area contributed by atoms with Gasteiger partial charge < -0.3 is 4.90 Å². The molecule has 0 fully saturated rings. The third-order valence-corrected chi connectivity index (χ3v) is 5.65. The van der Waals surface area contributed by atoms with Crippen molar-refractivity contribution in [3.63, 3.8) is 0 Å². The van der Waals surface area contributed by atoms with Gasteiger partial charge in [0.15, 0.2) is 0 Å². The molecule has 4 rings (SSSR count). The number of fused-ring (bicyclic) bond motifs is 2. The topological polar surface area (TPSA) is 16.1 Å². The lowest BCUT2D eigenvalue weighted by molar-refractivity contribution is 0.821. The first-order chi connectivity index (χ1) is 11.2. The normalized spacial score (nSPS) is 14.6. The zero-order chi connectivity index (χ0) is 15.8. The maximum Gasteiger partial charge on any atom is 0.131 e. The van der Waals surface area contributed by atoms with E-state index < -0.39 is 0 Å². The average molecular weight is 341 g/mol. The molecule has 0 aliphatic carbocycles. The van der Waals surface area contributed by atoms with Gasteiger partial charge in [0.2, 0.25) is 0 Å². The van der Waals surface area contributed by atoms with Crippen molar-refractivity contribution in [2.45, 2.75) is 18.4 Å². The van der Waals surface area contributed by atoms with Crippen LogP contribution in [0.1, 0.15) is 11.1 Å². The number of aryl methyl sites for hydroxylation is 1. The highest BCUT2D eigenvalue weighted by Gasteiger charge is 2.17. The minimum Gasteiger partial charge on any atom is -0.351 e. The van der Waals surface area contributed by atoms with E-state index in [4.69, 9.17) is 16.6 Å². The highest BCUT2D eigenvalue weighted by molar-refractivity contribution is 7.99. The van der Waals surface area contributed by atoms with E-state index in [0.29, 0.717) is 0 Å². The number of hydrogen-bond acceptors (Lipinski definition) is 3.